The topological polar surface area (TPSA) is 20.3 Å². The molecule has 2 aliphatic rings. The van der Waals surface area contributed by atoms with Crippen LogP contribution in [0.15, 0.2) is 18.2 Å². The summed E-state index contributed by atoms with van der Waals surface area (Å²) in [5.74, 6) is 0.287. The highest BCUT2D eigenvalue weighted by atomic mass is 16.1. The molecule has 0 unspecified atom stereocenters. The number of rotatable bonds is 3. The van der Waals surface area contributed by atoms with Gasteiger partial charge >= 0.3 is 0 Å². The van der Waals surface area contributed by atoms with E-state index in [1.165, 1.54) is 44.1 Å². The van der Waals surface area contributed by atoms with E-state index in [0.717, 1.165) is 24.2 Å². The lowest BCUT2D eigenvalue weighted by Gasteiger charge is -2.39. The molecule has 1 aromatic carbocycles. The second-order valence-corrected chi connectivity index (χ2v) is 7.22. The SMILES string of the molecule is Cc1ccc(C(=O)CN2CCC3(CCCC3)CC2)c(C)c1. The van der Waals surface area contributed by atoms with Crippen molar-refractivity contribution in [3.8, 4) is 0 Å². The van der Waals surface area contributed by atoms with Crippen LogP contribution in [0, 0.1) is 19.3 Å². The van der Waals surface area contributed by atoms with E-state index in [9.17, 15) is 4.79 Å². The van der Waals surface area contributed by atoms with E-state index in [0.29, 0.717) is 12.0 Å². The Morgan fingerprint density at radius 3 is 2.38 bits per heavy atom. The van der Waals surface area contributed by atoms with Gasteiger partial charge in [-0.15, -0.1) is 0 Å². The number of Topliss-reactive ketones (excluding diaryl/α,β-unsaturated/α-hetero) is 1. The fourth-order valence-corrected chi connectivity index (χ4v) is 4.23. The number of ketones is 1. The van der Waals surface area contributed by atoms with Crippen LogP contribution in [0.2, 0.25) is 0 Å². The summed E-state index contributed by atoms with van der Waals surface area (Å²) < 4.78 is 0. The molecule has 1 heterocycles. The molecule has 2 heteroatoms. The molecule has 0 radical (unpaired) electrons. The van der Waals surface area contributed by atoms with Crippen molar-refractivity contribution in [1.29, 1.82) is 0 Å². The molecule has 1 saturated heterocycles. The van der Waals surface area contributed by atoms with Crippen LogP contribution in [0.25, 0.3) is 0 Å². The normalized spacial score (nSPS) is 21.8. The third-order valence-corrected chi connectivity index (χ3v) is 5.63. The average molecular weight is 285 g/mol. The first-order valence-corrected chi connectivity index (χ1v) is 8.41. The zero-order valence-corrected chi connectivity index (χ0v) is 13.5. The Balaban J connectivity index is 1.58. The highest BCUT2D eigenvalue weighted by molar-refractivity contribution is 5.99. The van der Waals surface area contributed by atoms with Crippen LogP contribution in [-0.4, -0.2) is 30.3 Å². The maximum absolute atomic E-state index is 12.5. The fourth-order valence-electron chi connectivity index (χ4n) is 4.23. The van der Waals surface area contributed by atoms with Gasteiger partial charge in [-0.1, -0.05) is 36.6 Å². The molecule has 0 bridgehead atoms. The van der Waals surface area contributed by atoms with Crippen LogP contribution in [-0.2, 0) is 0 Å². The molecule has 2 nitrogen and oxygen atoms in total. The quantitative estimate of drug-likeness (QED) is 0.778. The van der Waals surface area contributed by atoms with Gasteiger partial charge in [0.05, 0.1) is 6.54 Å². The van der Waals surface area contributed by atoms with Gasteiger partial charge < -0.3 is 0 Å². The van der Waals surface area contributed by atoms with Crippen LogP contribution < -0.4 is 0 Å². The summed E-state index contributed by atoms with van der Waals surface area (Å²) in [7, 11) is 0. The number of nitrogens with zero attached hydrogens (tertiary/aromatic N) is 1. The van der Waals surface area contributed by atoms with Crippen molar-refractivity contribution in [2.45, 2.75) is 52.4 Å². The number of hydrogen-bond donors (Lipinski definition) is 0. The predicted octanol–water partition coefficient (Wildman–Crippen LogP) is 4.14. The zero-order valence-electron chi connectivity index (χ0n) is 13.5. The Morgan fingerprint density at radius 1 is 1.10 bits per heavy atom. The molecule has 2 fully saturated rings. The summed E-state index contributed by atoms with van der Waals surface area (Å²) in [6.45, 7) is 6.93. The van der Waals surface area contributed by atoms with Crippen LogP contribution in [0.4, 0.5) is 0 Å². The number of carbonyl (C=O) groups excluding carboxylic acids is 1. The molecule has 0 aromatic heterocycles. The zero-order chi connectivity index (χ0) is 14.9. The van der Waals surface area contributed by atoms with E-state index in [2.05, 4.69) is 17.9 Å². The highest BCUT2D eigenvalue weighted by Gasteiger charge is 2.37. The molecule has 1 aromatic rings. The Kier molecular flexibility index (Phi) is 4.17. The molecular weight excluding hydrogens is 258 g/mol. The summed E-state index contributed by atoms with van der Waals surface area (Å²) >= 11 is 0. The summed E-state index contributed by atoms with van der Waals surface area (Å²) in [6, 6.07) is 6.15. The van der Waals surface area contributed by atoms with Crippen molar-refractivity contribution in [2.75, 3.05) is 19.6 Å². The minimum atomic E-state index is 0.287. The summed E-state index contributed by atoms with van der Waals surface area (Å²) in [4.78, 5) is 14.9. The minimum absolute atomic E-state index is 0.287. The maximum Gasteiger partial charge on any atom is 0.177 e. The summed E-state index contributed by atoms with van der Waals surface area (Å²) in [5.41, 5.74) is 3.88. The van der Waals surface area contributed by atoms with E-state index >= 15 is 0 Å². The monoisotopic (exact) mass is 285 g/mol. The fraction of sp³-hybridized carbons (Fsp3) is 0.632. The van der Waals surface area contributed by atoms with Gasteiger partial charge in [-0.25, -0.2) is 0 Å². The molecule has 1 aliphatic carbocycles. The third-order valence-electron chi connectivity index (χ3n) is 5.63. The Hall–Kier alpha value is -1.15. The van der Waals surface area contributed by atoms with Crippen molar-refractivity contribution < 1.29 is 4.79 Å². The van der Waals surface area contributed by atoms with Gasteiger partial charge in [0.2, 0.25) is 0 Å². The Labute approximate surface area is 128 Å². The van der Waals surface area contributed by atoms with Gasteiger partial charge in [-0.2, -0.15) is 0 Å². The standard InChI is InChI=1S/C19H27NO/c1-15-5-6-17(16(2)13-15)18(21)14-20-11-9-19(10-12-20)7-3-4-8-19/h5-6,13H,3-4,7-12,14H2,1-2H3. The number of likely N-dealkylation sites (tertiary alicyclic amines) is 1. The second kappa shape index (κ2) is 5.92. The lowest BCUT2D eigenvalue weighted by atomic mass is 9.77. The first kappa shape index (κ1) is 14.8. The largest absolute Gasteiger partial charge is 0.296 e. The highest BCUT2D eigenvalue weighted by Crippen LogP contribution is 2.46. The molecule has 1 spiro atoms. The summed E-state index contributed by atoms with van der Waals surface area (Å²) in [5, 5.41) is 0. The van der Waals surface area contributed by atoms with Crippen molar-refractivity contribution in [2.24, 2.45) is 5.41 Å². The molecule has 114 valence electrons. The molecule has 21 heavy (non-hydrogen) atoms. The number of carbonyl (C=O) groups is 1. The van der Waals surface area contributed by atoms with Crippen molar-refractivity contribution in [3.05, 3.63) is 34.9 Å². The molecule has 1 aliphatic heterocycles. The van der Waals surface area contributed by atoms with Crippen molar-refractivity contribution in [3.63, 3.8) is 0 Å². The second-order valence-electron chi connectivity index (χ2n) is 7.22. The smallest absolute Gasteiger partial charge is 0.177 e. The van der Waals surface area contributed by atoms with Gasteiger partial charge in [-0.05, 0) is 63.6 Å². The van der Waals surface area contributed by atoms with Crippen LogP contribution in [0.5, 0.6) is 0 Å². The maximum atomic E-state index is 12.5. The number of benzene rings is 1. The van der Waals surface area contributed by atoms with Gasteiger partial charge in [0.25, 0.3) is 0 Å². The predicted molar refractivity (Wildman–Crippen MR) is 86.8 cm³/mol. The average Bonchev–Trinajstić information content (AvgIpc) is 2.90. The first-order valence-electron chi connectivity index (χ1n) is 8.41. The van der Waals surface area contributed by atoms with Gasteiger partial charge in [0.15, 0.2) is 5.78 Å². The van der Waals surface area contributed by atoms with Crippen molar-refractivity contribution >= 4 is 5.78 Å². The van der Waals surface area contributed by atoms with Gasteiger partial charge in [0, 0.05) is 5.56 Å². The van der Waals surface area contributed by atoms with E-state index in [-0.39, 0.29) is 5.78 Å². The molecule has 0 atom stereocenters. The first-order chi connectivity index (χ1) is 10.1. The van der Waals surface area contributed by atoms with E-state index < -0.39 is 0 Å². The van der Waals surface area contributed by atoms with Crippen LogP contribution >= 0.6 is 0 Å². The van der Waals surface area contributed by atoms with E-state index in [1.54, 1.807) is 0 Å². The van der Waals surface area contributed by atoms with Gasteiger partial charge in [0.1, 0.15) is 0 Å². The van der Waals surface area contributed by atoms with E-state index in [1.807, 2.05) is 19.1 Å². The Bertz CT molecular complexity index is 518. The summed E-state index contributed by atoms with van der Waals surface area (Å²) in [6.07, 6.45) is 8.28. The minimum Gasteiger partial charge on any atom is -0.296 e. The lowest BCUT2D eigenvalue weighted by Crippen LogP contribution is -2.41. The number of hydrogen-bond acceptors (Lipinski definition) is 2. The van der Waals surface area contributed by atoms with Crippen molar-refractivity contribution in [1.82, 2.24) is 4.90 Å². The molecular formula is C19H27NO. The molecule has 3 rings (SSSR count). The van der Waals surface area contributed by atoms with Gasteiger partial charge in [-0.3, -0.25) is 9.69 Å². The van der Waals surface area contributed by atoms with Crippen LogP contribution in [0.3, 0.4) is 0 Å². The third kappa shape index (κ3) is 3.21. The molecule has 0 N–H and O–H groups in total. The van der Waals surface area contributed by atoms with E-state index in [4.69, 9.17) is 0 Å². The lowest BCUT2D eigenvalue weighted by molar-refractivity contribution is 0.0797. The van der Waals surface area contributed by atoms with Crippen LogP contribution in [0.1, 0.15) is 60.0 Å². The molecule has 1 saturated carbocycles. The number of aryl methyl sites for hydroxylation is 2. The Morgan fingerprint density at radius 2 is 1.76 bits per heavy atom. The number of piperidine rings is 1. The molecule has 0 amide bonds.